The van der Waals surface area contributed by atoms with Crippen LogP contribution in [-0.4, -0.2) is 52.1 Å². The van der Waals surface area contributed by atoms with Gasteiger partial charge in [-0.15, -0.1) is 0 Å². The zero-order valence-corrected chi connectivity index (χ0v) is 19.8. The number of carbonyl (C=O) groups is 1. The van der Waals surface area contributed by atoms with Crippen LogP contribution >= 0.6 is 23.2 Å². The Kier molecular flexibility index (Phi) is 7.64. The van der Waals surface area contributed by atoms with Gasteiger partial charge in [0.1, 0.15) is 18.2 Å². The third kappa shape index (κ3) is 5.41. The molecule has 1 N–H and O–H groups in total. The van der Waals surface area contributed by atoms with Crippen molar-refractivity contribution >= 4 is 29.1 Å². The Hall–Kier alpha value is -1.76. The van der Waals surface area contributed by atoms with Crippen molar-refractivity contribution in [3.8, 4) is 0 Å². The molecular formula is C24H29Cl2FN4O. The van der Waals surface area contributed by atoms with Crippen molar-refractivity contribution in [2.75, 3.05) is 13.1 Å². The molecule has 1 amide bonds. The van der Waals surface area contributed by atoms with Crippen LogP contribution in [0.3, 0.4) is 0 Å². The summed E-state index contributed by atoms with van der Waals surface area (Å²) in [5.41, 5.74) is 2.99. The van der Waals surface area contributed by atoms with E-state index in [1.807, 2.05) is 24.0 Å². The van der Waals surface area contributed by atoms with Crippen molar-refractivity contribution < 1.29 is 9.18 Å². The number of halogens is 3. The lowest BCUT2D eigenvalue weighted by molar-refractivity contribution is 0.0682. The summed E-state index contributed by atoms with van der Waals surface area (Å²) in [7, 11) is 0. The number of alkyl halides is 1. The predicted molar refractivity (Wildman–Crippen MR) is 125 cm³/mol. The summed E-state index contributed by atoms with van der Waals surface area (Å²) in [4.78, 5) is 23.7. The number of piperidine rings is 1. The first-order valence-corrected chi connectivity index (χ1v) is 12.1. The second kappa shape index (κ2) is 10.4. The van der Waals surface area contributed by atoms with Crippen molar-refractivity contribution in [2.24, 2.45) is 0 Å². The molecule has 4 rings (SSSR count). The number of carbonyl (C=O) groups excluding carboxylic acids is 1. The molecule has 0 spiro atoms. The van der Waals surface area contributed by atoms with E-state index in [0.29, 0.717) is 41.7 Å². The highest BCUT2D eigenvalue weighted by Crippen LogP contribution is 2.26. The van der Waals surface area contributed by atoms with Crippen molar-refractivity contribution in [1.82, 2.24) is 20.2 Å². The van der Waals surface area contributed by atoms with E-state index in [-0.39, 0.29) is 18.0 Å². The maximum Gasteiger partial charge on any atom is 0.272 e. The van der Waals surface area contributed by atoms with Gasteiger partial charge in [0.2, 0.25) is 0 Å². The number of hydrogen-bond acceptors (Lipinski definition) is 4. The molecule has 1 saturated heterocycles. The van der Waals surface area contributed by atoms with Gasteiger partial charge >= 0.3 is 0 Å². The van der Waals surface area contributed by atoms with Crippen molar-refractivity contribution in [3.63, 3.8) is 0 Å². The molecule has 0 unspecified atom stereocenters. The first-order chi connectivity index (χ1) is 15.4. The van der Waals surface area contributed by atoms with E-state index < -0.39 is 6.17 Å². The Balaban J connectivity index is 1.38. The minimum Gasteiger partial charge on any atom is -0.337 e. The van der Waals surface area contributed by atoms with E-state index in [9.17, 15) is 9.18 Å². The summed E-state index contributed by atoms with van der Waals surface area (Å²) in [5, 5.41) is 4.51. The summed E-state index contributed by atoms with van der Waals surface area (Å²) in [6.07, 6.45) is 6.54. The van der Waals surface area contributed by atoms with Crippen LogP contribution < -0.4 is 5.32 Å². The van der Waals surface area contributed by atoms with Crippen LogP contribution in [0.25, 0.3) is 0 Å². The SMILES string of the molecule is Cc1c(Cc2ccc(Cl)c(Cl)c2)ncnc1C(=O)N1CCC(N[C@@H]2CCCC[C@@H]2F)CC1. The maximum absolute atomic E-state index is 14.2. The van der Waals surface area contributed by atoms with E-state index in [0.717, 1.165) is 48.9 Å². The zero-order chi connectivity index (χ0) is 22.7. The largest absolute Gasteiger partial charge is 0.337 e. The number of rotatable bonds is 5. The van der Waals surface area contributed by atoms with E-state index in [2.05, 4.69) is 15.3 Å². The second-order valence-corrected chi connectivity index (χ2v) is 9.67. The summed E-state index contributed by atoms with van der Waals surface area (Å²) in [6, 6.07) is 5.71. The van der Waals surface area contributed by atoms with Gasteiger partial charge in [0.05, 0.1) is 15.7 Å². The van der Waals surface area contributed by atoms with E-state index in [1.165, 1.54) is 6.33 Å². The average molecular weight is 479 g/mol. The molecule has 1 aromatic heterocycles. The standard InChI is InChI=1S/C24H29Cl2FN4O/c1-15-22(13-16-6-7-18(25)19(26)12-16)28-14-29-23(15)24(32)31-10-8-17(9-11-31)30-21-5-3-2-4-20(21)27/h6-7,12,14,17,20-21,30H,2-5,8-11,13H2,1H3/t20-,21+/m0/s1. The molecule has 172 valence electrons. The number of nitrogens with zero attached hydrogens (tertiary/aromatic N) is 3. The van der Waals surface area contributed by atoms with Crippen molar-refractivity contribution in [2.45, 2.75) is 70.1 Å². The minimum absolute atomic E-state index is 0.0379. The summed E-state index contributed by atoms with van der Waals surface area (Å²) >= 11 is 12.1. The Morgan fingerprint density at radius 2 is 1.88 bits per heavy atom. The van der Waals surface area contributed by atoms with Crippen LogP contribution in [0.15, 0.2) is 24.5 Å². The number of hydrogen-bond donors (Lipinski definition) is 1. The summed E-state index contributed by atoms with van der Waals surface area (Å²) in [6.45, 7) is 3.18. The highest BCUT2D eigenvalue weighted by molar-refractivity contribution is 6.42. The second-order valence-electron chi connectivity index (χ2n) is 8.86. The fraction of sp³-hybridized carbons (Fsp3) is 0.542. The predicted octanol–water partition coefficient (Wildman–Crippen LogP) is 5.16. The van der Waals surface area contributed by atoms with Crippen molar-refractivity contribution in [3.05, 3.63) is 57.1 Å². The number of benzene rings is 1. The lowest BCUT2D eigenvalue weighted by Crippen LogP contribution is -2.51. The van der Waals surface area contributed by atoms with Crippen LogP contribution in [0.4, 0.5) is 4.39 Å². The molecule has 0 radical (unpaired) electrons. The molecule has 5 nitrogen and oxygen atoms in total. The fourth-order valence-electron chi connectivity index (χ4n) is 4.70. The average Bonchev–Trinajstić information content (AvgIpc) is 2.79. The van der Waals surface area contributed by atoms with Gasteiger partial charge in [-0.05, 0) is 50.3 Å². The zero-order valence-electron chi connectivity index (χ0n) is 18.3. The molecule has 2 aliphatic rings. The van der Waals surface area contributed by atoms with Gasteiger partial charge < -0.3 is 10.2 Å². The number of amides is 1. The minimum atomic E-state index is -0.749. The van der Waals surface area contributed by atoms with Gasteiger partial charge in [0.25, 0.3) is 5.91 Å². The first kappa shape index (κ1) is 23.4. The number of likely N-dealkylation sites (tertiary alicyclic amines) is 1. The van der Waals surface area contributed by atoms with E-state index in [1.54, 1.807) is 6.07 Å². The third-order valence-electron chi connectivity index (χ3n) is 6.66. The van der Waals surface area contributed by atoms with Gasteiger partial charge in [-0.25, -0.2) is 14.4 Å². The van der Waals surface area contributed by atoms with Crippen LogP contribution in [-0.2, 0) is 6.42 Å². The topological polar surface area (TPSA) is 58.1 Å². The normalized spacial score (nSPS) is 22.2. The molecule has 2 aromatic rings. The summed E-state index contributed by atoms with van der Waals surface area (Å²) in [5.74, 6) is -0.0697. The molecular weight excluding hydrogens is 450 g/mol. The van der Waals surface area contributed by atoms with E-state index >= 15 is 0 Å². The fourth-order valence-corrected chi connectivity index (χ4v) is 5.02. The molecule has 1 aliphatic carbocycles. The molecule has 2 fully saturated rings. The molecule has 1 saturated carbocycles. The van der Waals surface area contributed by atoms with Crippen molar-refractivity contribution in [1.29, 1.82) is 0 Å². The van der Waals surface area contributed by atoms with Gasteiger partial charge in [0, 0.05) is 37.2 Å². The molecule has 1 aliphatic heterocycles. The van der Waals surface area contributed by atoms with Crippen LogP contribution in [0, 0.1) is 6.92 Å². The highest BCUT2D eigenvalue weighted by Gasteiger charge is 2.30. The lowest BCUT2D eigenvalue weighted by Gasteiger charge is -2.36. The number of aromatic nitrogens is 2. The van der Waals surface area contributed by atoms with Gasteiger partial charge in [-0.2, -0.15) is 0 Å². The third-order valence-corrected chi connectivity index (χ3v) is 7.40. The maximum atomic E-state index is 14.2. The van der Waals surface area contributed by atoms with Gasteiger partial charge in [-0.3, -0.25) is 4.79 Å². The monoisotopic (exact) mass is 478 g/mol. The highest BCUT2D eigenvalue weighted by atomic mass is 35.5. The first-order valence-electron chi connectivity index (χ1n) is 11.4. The van der Waals surface area contributed by atoms with Gasteiger partial charge in [0.15, 0.2) is 0 Å². The molecule has 1 aromatic carbocycles. The number of nitrogens with one attached hydrogen (secondary N) is 1. The molecule has 32 heavy (non-hydrogen) atoms. The Labute approximate surface area is 198 Å². The molecule has 2 heterocycles. The van der Waals surface area contributed by atoms with Crippen LogP contribution in [0.1, 0.15) is 65.8 Å². The summed E-state index contributed by atoms with van der Waals surface area (Å²) < 4.78 is 14.2. The van der Waals surface area contributed by atoms with Crippen LogP contribution in [0.2, 0.25) is 10.0 Å². The molecule has 2 atom stereocenters. The quantitative estimate of drug-likeness (QED) is 0.644. The molecule has 8 heteroatoms. The molecule has 0 bridgehead atoms. The van der Waals surface area contributed by atoms with Crippen LogP contribution in [0.5, 0.6) is 0 Å². The Morgan fingerprint density at radius 1 is 1.12 bits per heavy atom. The smallest absolute Gasteiger partial charge is 0.272 e. The van der Waals surface area contributed by atoms with E-state index in [4.69, 9.17) is 23.2 Å². The Bertz CT molecular complexity index is 965. The van der Waals surface area contributed by atoms with Gasteiger partial charge in [-0.1, -0.05) is 42.1 Å². The lowest BCUT2D eigenvalue weighted by atomic mass is 9.92. The Morgan fingerprint density at radius 3 is 2.59 bits per heavy atom.